The Hall–Kier alpha value is -2.49. The topological polar surface area (TPSA) is 110 Å². The fraction of sp³-hybridized carbons (Fsp3) is 0.526. The van der Waals surface area contributed by atoms with Gasteiger partial charge in [0.05, 0.1) is 0 Å². The van der Waals surface area contributed by atoms with Crippen LogP contribution >= 0.6 is 0 Å². The third-order valence-electron chi connectivity index (χ3n) is 4.54. The van der Waals surface area contributed by atoms with Gasteiger partial charge < -0.3 is 15.0 Å². The van der Waals surface area contributed by atoms with Gasteiger partial charge in [-0.3, -0.25) is 14.4 Å². The van der Waals surface area contributed by atoms with E-state index >= 15 is 0 Å². The average molecular weight is 428 g/mol. The largest absolute Gasteiger partial charge is 0.481 e. The van der Waals surface area contributed by atoms with Crippen LogP contribution in [0.25, 0.3) is 0 Å². The molecule has 29 heavy (non-hydrogen) atoms. The number of carbonyl (C=O) groups is 3. The minimum absolute atomic E-state index is 0.0649. The lowest BCUT2D eigenvalue weighted by molar-refractivity contribution is -0.139. The minimum Gasteiger partial charge on any atom is -0.481 e. The molecule has 1 unspecified atom stereocenters. The molecular formula is C19H25FN2O6S. The number of hydrogen-bond donors (Lipinski definition) is 1. The average Bonchev–Trinajstić information content (AvgIpc) is 2.65. The zero-order chi connectivity index (χ0) is 21.6. The third kappa shape index (κ3) is 7.12. The summed E-state index contributed by atoms with van der Waals surface area (Å²) < 4.78 is 41.3. The molecule has 10 heteroatoms. The van der Waals surface area contributed by atoms with Crippen LogP contribution in [0.1, 0.15) is 19.8 Å². The molecule has 2 rings (SSSR count). The number of benzene rings is 1. The van der Waals surface area contributed by atoms with Gasteiger partial charge in [-0.05, 0) is 31.9 Å². The zero-order valence-electron chi connectivity index (χ0n) is 16.4. The molecule has 0 aromatic heterocycles. The Bertz CT molecular complexity index is 873. The number of nitrogens with one attached hydrogen (secondary N) is 1. The SMILES string of the molecule is C[C@@H](NC(=O)COc1ccccc1F)C(=O)N1CCCC(C(=O)CS(C)(=O)=O)C1. The van der Waals surface area contributed by atoms with Crippen LogP contribution in [0.4, 0.5) is 4.39 Å². The normalized spacial score (nSPS) is 18.0. The summed E-state index contributed by atoms with van der Waals surface area (Å²) in [7, 11) is -3.43. The number of sulfone groups is 1. The highest BCUT2D eigenvalue weighted by Gasteiger charge is 2.31. The first kappa shape index (κ1) is 22.8. The van der Waals surface area contributed by atoms with Crippen LogP contribution in [-0.4, -0.2) is 68.7 Å². The maximum Gasteiger partial charge on any atom is 0.258 e. The smallest absolute Gasteiger partial charge is 0.258 e. The summed E-state index contributed by atoms with van der Waals surface area (Å²) >= 11 is 0. The first-order valence-corrected chi connectivity index (χ1v) is 11.3. The van der Waals surface area contributed by atoms with Crippen molar-refractivity contribution in [3.63, 3.8) is 0 Å². The summed E-state index contributed by atoms with van der Waals surface area (Å²) in [6, 6.07) is 4.79. The third-order valence-corrected chi connectivity index (χ3v) is 5.35. The summed E-state index contributed by atoms with van der Waals surface area (Å²) in [5.74, 6) is -3.10. The van der Waals surface area contributed by atoms with Crippen LogP contribution in [0.5, 0.6) is 5.75 Å². The van der Waals surface area contributed by atoms with E-state index in [9.17, 15) is 27.2 Å². The maximum atomic E-state index is 13.5. The monoisotopic (exact) mass is 428 g/mol. The molecular weight excluding hydrogens is 403 g/mol. The number of para-hydroxylation sites is 1. The van der Waals surface area contributed by atoms with Gasteiger partial charge in [0.15, 0.2) is 33.8 Å². The Morgan fingerprint density at radius 2 is 2.00 bits per heavy atom. The predicted octanol–water partition coefficient (Wildman–Crippen LogP) is 0.562. The van der Waals surface area contributed by atoms with Gasteiger partial charge in [-0.25, -0.2) is 12.8 Å². The Balaban J connectivity index is 1.86. The van der Waals surface area contributed by atoms with Crippen LogP contribution < -0.4 is 10.1 Å². The number of hydrogen-bond acceptors (Lipinski definition) is 6. The number of amides is 2. The van der Waals surface area contributed by atoms with Crippen molar-refractivity contribution in [3.8, 4) is 5.75 Å². The summed E-state index contributed by atoms with van der Waals surface area (Å²) in [5, 5.41) is 2.49. The molecule has 1 aromatic carbocycles. The molecule has 0 aliphatic carbocycles. The number of likely N-dealkylation sites (tertiary alicyclic amines) is 1. The number of carbonyl (C=O) groups excluding carboxylic acids is 3. The molecule has 2 atom stereocenters. The van der Waals surface area contributed by atoms with Crippen molar-refractivity contribution in [2.75, 3.05) is 31.7 Å². The Kier molecular flexibility index (Phi) is 7.72. The van der Waals surface area contributed by atoms with Crippen molar-refractivity contribution < 1.29 is 31.9 Å². The minimum atomic E-state index is -3.43. The highest BCUT2D eigenvalue weighted by molar-refractivity contribution is 7.91. The van der Waals surface area contributed by atoms with E-state index in [1.54, 1.807) is 6.07 Å². The number of Topliss-reactive ketones (excluding diaryl/α,β-unsaturated/α-hetero) is 1. The summed E-state index contributed by atoms with van der Waals surface area (Å²) in [5.41, 5.74) is 0. The number of ether oxygens (including phenoxy) is 1. The van der Waals surface area contributed by atoms with Gasteiger partial charge in [-0.15, -0.1) is 0 Å². The lowest BCUT2D eigenvalue weighted by Crippen LogP contribution is -2.51. The molecule has 160 valence electrons. The lowest BCUT2D eigenvalue weighted by Gasteiger charge is -2.33. The van der Waals surface area contributed by atoms with Gasteiger partial charge in [-0.2, -0.15) is 0 Å². The highest BCUT2D eigenvalue weighted by atomic mass is 32.2. The molecule has 0 saturated carbocycles. The van der Waals surface area contributed by atoms with Gasteiger partial charge in [0.1, 0.15) is 11.8 Å². The van der Waals surface area contributed by atoms with Gasteiger partial charge in [0.25, 0.3) is 5.91 Å². The van der Waals surface area contributed by atoms with E-state index in [1.807, 2.05) is 0 Å². The zero-order valence-corrected chi connectivity index (χ0v) is 17.2. The van der Waals surface area contributed by atoms with Crippen LogP contribution in [0.2, 0.25) is 0 Å². The molecule has 0 bridgehead atoms. The number of halogens is 1. The Morgan fingerprint density at radius 3 is 2.66 bits per heavy atom. The maximum absolute atomic E-state index is 13.5. The Labute approximate surface area is 169 Å². The molecule has 1 aromatic rings. The molecule has 1 aliphatic heterocycles. The van der Waals surface area contributed by atoms with Crippen molar-refractivity contribution in [3.05, 3.63) is 30.1 Å². The number of ketones is 1. The van der Waals surface area contributed by atoms with E-state index in [0.29, 0.717) is 19.4 Å². The molecule has 0 radical (unpaired) electrons. The van der Waals surface area contributed by atoms with Crippen molar-refractivity contribution >= 4 is 27.4 Å². The van der Waals surface area contributed by atoms with Crippen molar-refractivity contribution in [1.82, 2.24) is 10.2 Å². The summed E-state index contributed by atoms with van der Waals surface area (Å²) in [6.45, 7) is 1.60. The van der Waals surface area contributed by atoms with Gasteiger partial charge in [0.2, 0.25) is 5.91 Å². The number of piperidine rings is 1. The quantitative estimate of drug-likeness (QED) is 0.648. The Morgan fingerprint density at radius 1 is 1.31 bits per heavy atom. The second kappa shape index (κ2) is 9.82. The van der Waals surface area contributed by atoms with E-state index in [4.69, 9.17) is 4.74 Å². The molecule has 1 N–H and O–H groups in total. The molecule has 1 aliphatic rings. The highest BCUT2D eigenvalue weighted by Crippen LogP contribution is 2.19. The van der Waals surface area contributed by atoms with Gasteiger partial charge >= 0.3 is 0 Å². The molecule has 1 fully saturated rings. The lowest BCUT2D eigenvalue weighted by atomic mass is 9.94. The molecule has 8 nitrogen and oxygen atoms in total. The standard InChI is InChI=1S/C19H25FN2O6S/c1-13(21-18(24)11-28-17-8-4-3-7-15(17)20)19(25)22-9-5-6-14(10-22)16(23)12-29(2,26)27/h3-4,7-8,13-14H,5-6,9-12H2,1-2H3,(H,21,24)/t13-,14?/m1/s1. The molecule has 2 amide bonds. The van der Waals surface area contributed by atoms with Crippen molar-refractivity contribution in [2.24, 2.45) is 5.92 Å². The molecule has 0 spiro atoms. The van der Waals surface area contributed by atoms with Crippen molar-refractivity contribution in [2.45, 2.75) is 25.8 Å². The first-order valence-electron chi connectivity index (χ1n) is 9.22. The fourth-order valence-electron chi connectivity index (χ4n) is 3.14. The first-order chi connectivity index (χ1) is 13.6. The van der Waals surface area contributed by atoms with Gasteiger partial charge in [-0.1, -0.05) is 12.1 Å². The number of rotatable bonds is 8. The van der Waals surface area contributed by atoms with E-state index in [1.165, 1.54) is 30.0 Å². The van der Waals surface area contributed by atoms with Crippen molar-refractivity contribution in [1.29, 1.82) is 0 Å². The summed E-state index contributed by atoms with van der Waals surface area (Å²) in [4.78, 5) is 38.2. The summed E-state index contributed by atoms with van der Waals surface area (Å²) in [6.07, 6.45) is 2.09. The van der Waals surface area contributed by atoms with Crippen LogP contribution in [0, 0.1) is 11.7 Å². The predicted molar refractivity (Wildman–Crippen MR) is 104 cm³/mol. The second-order valence-corrected chi connectivity index (χ2v) is 9.31. The van der Waals surface area contributed by atoms with E-state index < -0.39 is 51.7 Å². The van der Waals surface area contributed by atoms with Crippen LogP contribution in [-0.2, 0) is 24.2 Å². The van der Waals surface area contributed by atoms with E-state index in [0.717, 1.165) is 6.26 Å². The fourth-order valence-corrected chi connectivity index (χ4v) is 3.89. The van der Waals surface area contributed by atoms with Crippen LogP contribution in [0.3, 0.4) is 0 Å². The molecule has 1 heterocycles. The second-order valence-electron chi connectivity index (χ2n) is 7.17. The van der Waals surface area contributed by atoms with Gasteiger partial charge in [0, 0.05) is 25.3 Å². The van der Waals surface area contributed by atoms with E-state index in [-0.39, 0.29) is 18.2 Å². The van der Waals surface area contributed by atoms with Crippen LogP contribution in [0.15, 0.2) is 24.3 Å². The van der Waals surface area contributed by atoms with E-state index in [2.05, 4.69) is 5.32 Å². The molecule has 1 saturated heterocycles. The number of nitrogens with zero attached hydrogens (tertiary/aromatic N) is 1.